The average molecular weight is 337 g/mol. The highest BCUT2D eigenvalue weighted by atomic mass is 32.2. The standard InChI is InChI=1S/C14H15N3O3S2/c1-3-16(4-2)10-6-5-9(7-11(10)17(19)20)8-12-13(18)15-14(21)22-12/h5-8H,3-4H2,1-2H3,(H,15,18,21)/b12-8-. The Kier molecular flexibility index (Phi) is 5.15. The molecular formula is C14H15N3O3S2. The molecule has 0 saturated carbocycles. The number of nitrogens with zero attached hydrogens (tertiary/aromatic N) is 2. The number of anilines is 1. The molecule has 1 amide bonds. The number of nitro groups is 1. The topological polar surface area (TPSA) is 75.5 Å². The van der Waals surface area contributed by atoms with Crippen LogP contribution in [0.2, 0.25) is 0 Å². The molecule has 1 fully saturated rings. The molecule has 6 nitrogen and oxygen atoms in total. The van der Waals surface area contributed by atoms with E-state index in [1.54, 1.807) is 18.2 Å². The van der Waals surface area contributed by atoms with Crippen LogP contribution in [0, 0.1) is 10.1 Å². The second kappa shape index (κ2) is 6.89. The lowest BCUT2D eigenvalue weighted by atomic mass is 10.1. The molecule has 1 aromatic carbocycles. The normalized spacial score (nSPS) is 16.0. The molecule has 1 saturated heterocycles. The van der Waals surface area contributed by atoms with E-state index in [0.717, 1.165) is 11.8 Å². The molecule has 8 heteroatoms. The molecule has 0 radical (unpaired) electrons. The molecule has 0 aliphatic carbocycles. The van der Waals surface area contributed by atoms with Gasteiger partial charge in [0.25, 0.3) is 11.6 Å². The summed E-state index contributed by atoms with van der Waals surface area (Å²) in [6, 6.07) is 4.96. The predicted octanol–water partition coefficient (Wildman–Crippen LogP) is 2.93. The van der Waals surface area contributed by atoms with Crippen molar-refractivity contribution >= 4 is 51.7 Å². The Hall–Kier alpha value is -1.93. The van der Waals surface area contributed by atoms with Crippen LogP contribution in [0.15, 0.2) is 23.1 Å². The zero-order chi connectivity index (χ0) is 16.3. The van der Waals surface area contributed by atoms with Gasteiger partial charge in [-0.1, -0.05) is 30.0 Å². The van der Waals surface area contributed by atoms with Gasteiger partial charge in [-0.15, -0.1) is 0 Å². The molecular weight excluding hydrogens is 322 g/mol. The van der Waals surface area contributed by atoms with Gasteiger partial charge in [-0.3, -0.25) is 14.9 Å². The van der Waals surface area contributed by atoms with E-state index in [0.29, 0.717) is 33.6 Å². The number of thiocarbonyl (C=S) groups is 1. The van der Waals surface area contributed by atoms with Gasteiger partial charge in [-0.05, 0) is 31.6 Å². The number of carbonyl (C=O) groups is 1. The van der Waals surface area contributed by atoms with Crippen molar-refractivity contribution in [1.29, 1.82) is 0 Å². The molecule has 1 aliphatic heterocycles. The van der Waals surface area contributed by atoms with Gasteiger partial charge in [0, 0.05) is 19.2 Å². The molecule has 0 spiro atoms. The van der Waals surface area contributed by atoms with E-state index in [1.807, 2.05) is 18.7 Å². The number of carbonyl (C=O) groups excluding carboxylic acids is 1. The van der Waals surface area contributed by atoms with E-state index in [9.17, 15) is 14.9 Å². The maximum Gasteiger partial charge on any atom is 0.293 e. The van der Waals surface area contributed by atoms with E-state index in [2.05, 4.69) is 5.32 Å². The van der Waals surface area contributed by atoms with E-state index in [1.165, 1.54) is 6.07 Å². The highest BCUT2D eigenvalue weighted by molar-refractivity contribution is 8.26. The molecule has 0 unspecified atom stereocenters. The molecule has 0 bridgehead atoms. The van der Waals surface area contributed by atoms with Crippen LogP contribution in [0.1, 0.15) is 19.4 Å². The lowest BCUT2D eigenvalue weighted by Gasteiger charge is -2.20. The number of rotatable bonds is 5. The fraction of sp³-hybridized carbons (Fsp3) is 0.286. The largest absolute Gasteiger partial charge is 0.367 e. The van der Waals surface area contributed by atoms with Gasteiger partial charge < -0.3 is 10.2 Å². The van der Waals surface area contributed by atoms with Crippen molar-refractivity contribution in [2.75, 3.05) is 18.0 Å². The van der Waals surface area contributed by atoms with Crippen LogP contribution >= 0.6 is 24.0 Å². The van der Waals surface area contributed by atoms with Crippen molar-refractivity contribution in [2.45, 2.75) is 13.8 Å². The van der Waals surface area contributed by atoms with Crippen LogP contribution in [0.5, 0.6) is 0 Å². The first-order valence-corrected chi connectivity index (χ1v) is 7.97. The summed E-state index contributed by atoms with van der Waals surface area (Å²) >= 11 is 6.07. The van der Waals surface area contributed by atoms with Crippen molar-refractivity contribution in [3.05, 3.63) is 38.8 Å². The smallest absolute Gasteiger partial charge is 0.293 e. The number of nitro benzene ring substituents is 1. The van der Waals surface area contributed by atoms with Crippen LogP contribution < -0.4 is 10.2 Å². The fourth-order valence-corrected chi connectivity index (χ4v) is 3.22. The molecule has 116 valence electrons. The number of nitrogens with one attached hydrogen (secondary N) is 1. The number of thioether (sulfide) groups is 1. The van der Waals surface area contributed by atoms with Gasteiger partial charge in [-0.25, -0.2) is 0 Å². The SMILES string of the molecule is CCN(CC)c1ccc(/C=C2\SC(=S)NC2=O)cc1[N+](=O)[O-]. The fourth-order valence-electron chi connectivity index (χ4n) is 2.18. The van der Waals surface area contributed by atoms with Crippen molar-refractivity contribution in [3.8, 4) is 0 Å². The lowest BCUT2D eigenvalue weighted by molar-refractivity contribution is -0.384. The zero-order valence-corrected chi connectivity index (χ0v) is 13.8. The van der Waals surface area contributed by atoms with Gasteiger partial charge in [0.2, 0.25) is 0 Å². The first-order valence-electron chi connectivity index (χ1n) is 6.74. The van der Waals surface area contributed by atoms with Gasteiger partial charge >= 0.3 is 0 Å². The second-order valence-electron chi connectivity index (χ2n) is 4.53. The third kappa shape index (κ3) is 3.45. The van der Waals surface area contributed by atoms with Crippen LogP contribution in [0.25, 0.3) is 6.08 Å². The highest BCUT2D eigenvalue weighted by Gasteiger charge is 2.23. The number of hydrogen-bond acceptors (Lipinski definition) is 6. The molecule has 22 heavy (non-hydrogen) atoms. The predicted molar refractivity (Wildman–Crippen MR) is 93.0 cm³/mol. The third-order valence-corrected chi connectivity index (χ3v) is 4.40. The Bertz CT molecular complexity index is 669. The zero-order valence-electron chi connectivity index (χ0n) is 12.2. The maximum atomic E-state index is 11.6. The Morgan fingerprint density at radius 2 is 2.09 bits per heavy atom. The lowest BCUT2D eigenvalue weighted by Crippen LogP contribution is -2.22. The number of amides is 1. The Balaban J connectivity index is 2.42. The quantitative estimate of drug-likeness (QED) is 0.385. The van der Waals surface area contributed by atoms with Crippen LogP contribution in [0.3, 0.4) is 0 Å². The van der Waals surface area contributed by atoms with E-state index in [4.69, 9.17) is 12.2 Å². The Morgan fingerprint density at radius 3 is 2.59 bits per heavy atom. The van der Waals surface area contributed by atoms with E-state index < -0.39 is 4.92 Å². The number of hydrogen-bond donors (Lipinski definition) is 1. The van der Waals surface area contributed by atoms with Crippen molar-refractivity contribution in [3.63, 3.8) is 0 Å². The van der Waals surface area contributed by atoms with Gasteiger partial charge in [0.15, 0.2) is 0 Å². The molecule has 0 aromatic heterocycles. The Labute approximate surface area is 137 Å². The average Bonchev–Trinajstić information content (AvgIpc) is 2.79. The van der Waals surface area contributed by atoms with Crippen LogP contribution in [0.4, 0.5) is 11.4 Å². The summed E-state index contributed by atoms with van der Waals surface area (Å²) in [5, 5.41) is 13.8. The summed E-state index contributed by atoms with van der Waals surface area (Å²) in [5.41, 5.74) is 1.21. The molecule has 0 atom stereocenters. The van der Waals surface area contributed by atoms with Crippen molar-refractivity contribution < 1.29 is 9.72 Å². The van der Waals surface area contributed by atoms with Gasteiger partial charge in [0.1, 0.15) is 10.0 Å². The summed E-state index contributed by atoms with van der Waals surface area (Å²) in [4.78, 5) is 24.9. The third-order valence-electron chi connectivity index (χ3n) is 3.24. The van der Waals surface area contributed by atoms with Crippen molar-refractivity contribution in [2.24, 2.45) is 0 Å². The van der Waals surface area contributed by atoms with Crippen LogP contribution in [-0.4, -0.2) is 28.2 Å². The number of benzene rings is 1. The summed E-state index contributed by atoms with van der Waals surface area (Å²) in [6.07, 6.45) is 1.61. The minimum Gasteiger partial charge on any atom is -0.367 e. The molecule has 1 heterocycles. The van der Waals surface area contributed by atoms with Crippen molar-refractivity contribution in [1.82, 2.24) is 5.32 Å². The van der Waals surface area contributed by atoms with Crippen LogP contribution in [-0.2, 0) is 4.79 Å². The molecule has 2 rings (SSSR count). The molecule has 1 aromatic rings. The first kappa shape index (κ1) is 16.4. The van der Waals surface area contributed by atoms with E-state index >= 15 is 0 Å². The molecule has 1 aliphatic rings. The van der Waals surface area contributed by atoms with Gasteiger partial charge in [0.05, 0.1) is 9.83 Å². The van der Waals surface area contributed by atoms with Gasteiger partial charge in [-0.2, -0.15) is 0 Å². The Morgan fingerprint density at radius 1 is 1.41 bits per heavy atom. The minimum atomic E-state index is -0.401. The molecule has 1 N–H and O–H groups in total. The summed E-state index contributed by atoms with van der Waals surface area (Å²) in [7, 11) is 0. The minimum absolute atomic E-state index is 0.0315. The summed E-state index contributed by atoms with van der Waals surface area (Å²) < 4.78 is 0.394. The summed E-state index contributed by atoms with van der Waals surface area (Å²) in [6.45, 7) is 5.27. The second-order valence-corrected chi connectivity index (χ2v) is 6.25. The summed E-state index contributed by atoms with van der Waals surface area (Å²) in [5.74, 6) is -0.273. The highest BCUT2D eigenvalue weighted by Crippen LogP contribution is 2.32. The monoisotopic (exact) mass is 337 g/mol. The maximum absolute atomic E-state index is 11.6. The first-order chi connectivity index (χ1) is 10.5. The van der Waals surface area contributed by atoms with E-state index in [-0.39, 0.29) is 11.6 Å².